The van der Waals surface area contributed by atoms with Crippen LogP contribution in [0.25, 0.3) is 0 Å². The molecule has 1 heterocycles. The van der Waals surface area contributed by atoms with Crippen molar-refractivity contribution in [3.63, 3.8) is 0 Å². The summed E-state index contributed by atoms with van der Waals surface area (Å²) in [6.07, 6.45) is 0. The minimum absolute atomic E-state index is 0.0314. The third-order valence-electron chi connectivity index (χ3n) is 5.50. The normalized spacial score (nSPS) is 14.1. The summed E-state index contributed by atoms with van der Waals surface area (Å²) in [6, 6.07) is 40.9. The van der Waals surface area contributed by atoms with Crippen LogP contribution in [0, 0.1) is 0 Å². The minimum Gasteiger partial charge on any atom is -0.268 e. The molecule has 0 bridgehead atoms. The molecule has 156 valence electrons. The fourth-order valence-electron chi connectivity index (χ4n) is 4.12. The van der Waals surface area contributed by atoms with Crippen molar-refractivity contribution < 1.29 is 4.79 Å². The van der Waals surface area contributed by atoms with Gasteiger partial charge in [-0.2, -0.15) is 0 Å². The van der Waals surface area contributed by atoms with E-state index in [9.17, 15) is 4.79 Å². The Morgan fingerprint density at radius 1 is 0.594 bits per heavy atom. The molecular weight excluding hydrogens is 449 g/mol. The second kappa shape index (κ2) is 8.91. The highest BCUT2D eigenvalue weighted by molar-refractivity contribution is 8.41. The zero-order valence-corrected chi connectivity index (χ0v) is 19.7. The Balaban J connectivity index is 1.90. The summed E-state index contributed by atoms with van der Waals surface area (Å²) in [5, 5.41) is 3.43. The van der Waals surface area contributed by atoms with E-state index in [1.54, 1.807) is 4.90 Å². The Morgan fingerprint density at radius 2 is 0.969 bits per heavy atom. The van der Waals surface area contributed by atoms with Gasteiger partial charge in [0.2, 0.25) is 0 Å². The first-order chi connectivity index (χ1) is 15.7. The van der Waals surface area contributed by atoms with Crippen molar-refractivity contribution in [2.24, 2.45) is 0 Å². The van der Waals surface area contributed by atoms with Crippen molar-refractivity contribution >= 4 is 67.3 Å². The quantitative estimate of drug-likeness (QED) is 0.304. The Labute approximate surface area is 197 Å². The molecule has 1 saturated heterocycles. The van der Waals surface area contributed by atoms with Crippen molar-refractivity contribution in [2.45, 2.75) is 0 Å². The van der Waals surface area contributed by atoms with Gasteiger partial charge in [-0.3, -0.25) is 9.69 Å². The minimum atomic E-state index is -2.45. The Morgan fingerprint density at radius 3 is 1.38 bits per heavy atom. The van der Waals surface area contributed by atoms with E-state index in [2.05, 4.69) is 36.4 Å². The average Bonchev–Trinajstić information content (AvgIpc) is 3.16. The summed E-state index contributed by atoms with van der Waals surface area (Å²) < 4.78 is 1.37. The zero-order valence-electron chi connectivity index (χ0n) is 17.2. The lowest BCUT2D eigenvalue weighted by atomic mass is 10.3. The largest absolute Gasteiger partial charge is 0.271 e. The number of benzene rings is 4. The molecule has 2 nitrogen and oxygen atoms in total. The highest BCUT2D eigenvalue weighted by Gasteiger charge is 2.42. The third kappa shape index (κ3) is 3.45. The predicted molar refractivity (Wildman–Crippen MR) is 144 cm³/mol. The van der Waals surface area contributed by atoms with Gasteiger partial charge in [0.15, 0.2) is 4.32 Å². The molecule has 0 aromatic heterocycles. The molecule has 1 fully saturated rings. The van der Waals surface area contributed by atoms with Crippen LogP contribution in [-0.2, 0) is 4.79 Å². The number of para-hydroxylation sites is 1. The van der Waals surface area contributed by atoms with Crippen LogP contribution in [0.1, 0.15) is 0 Å². The van der Waals surface area contributed by atoms with E-state index in [0.29, 0.717) is 4.32 Å². The monoisotopic (exact) mass is 469 g/mol. The number of nitrogens with zero attached hydrogens (tertiary/aromatic N) is 1. The van der Waals surface area contributed by atoms with Crippen LogP contribution in [0.2, 0.25) is 0 Å². The van der Waals surface area contributed by atoms with Crippen molar-refractivity contribution in [2.75, 3.05) is 4.90 Å². The SMILES string of the molecule is O=C1C(=P(c2ccccc2)(c2ccccc2)c2ccccc2)SC(=S)N1c1ccccc1. The number of amides is 1. The molecule has 0 radical (unpaired) electrons. The first-order valence-corrected chi connectivity index (χ1v) is 13.3. The maximum absolute atomic E-state index is 14.1. The highest BCUT2D eigenvalue weighted by atomic mass is 32.2. The average molecular weight is 470 g/mol. The van der Waals surface area contributed by atoms with Crippen molar-refractivity contribution in [3.8, 4) is 0 Å². The van der Waals surface area contributed by atoms with Gasteiger partial charge in [-0.05, 0) is 34.9 Å². The van der Waals surface area contributed by atoms with Gasteiger partial charge in [-0.25, -0.2) is 0 Å². The van der Waals surface area contributed by atoms with Crippen LogP contribution in [0.15, 0.2) is 121 Å². The first-order valence-electron chi connectivity index (χ1n) is 10.3. The smallest absolute Gasteiger partial charge is 0.268 e. The number of rotatable bonds is 4. The molecule has 0 atom stereocenters. The van der Waals surface area contributed by atoms with E-state index in [4.69, 9.17) is 12.2 Å². The van der Waals surface area contributed by atoms with E-state index in [1.807, 2.05) is 84.9 Å². The van der Waals surface area contributed by atoms with Crippen molar-refractivity contribution in [1.82, 2.24) is 0 Å². The Hall–Kier alpha value is -2.91. The third-order valence-corrected chi connectivity index (χ3v) is 11.8. The van der Waals surface area contributed by atoms with Crippen LogP contribution in [-0.4, -0.2) is 14.9 Å². The van der Waals surface area contributed by atoms with Crippen molar-refractivity contribution in [3.05, 3.63) is 121 Å². The molecular formula is C27H20NOPS2. The molecule has 1 amide bonds. The van der Waals surface area contributed by atoms with Gasteiger partial charge in [0.05, 0.1) is 10.3 Å². The predicted octanol–water partition coefficient (Wildman–Crippen LogP) is 5.18. The molecule has 5 heteroatoms. The summed E-state index contributed by atoms with van der Waals surface area (Å²) in [6.45, 7) is -2.45. The zero-order chi connectivity index (χ0) is 22.0. The molecule has 1 aliphatic heterocycles. The standard InChI is InChI=1S/C27H20NOPS2/c29-25-26(32-27(31)28(25)21-13-5-1-6-14-21)30(22-15-7-2-8-16-22,23-17-9-3-10-18-23)24-19-11-4-12-20-24/h1-20H. The summed E-state index contributed by atoms with van der Waals surface area (Å²) in [4.78, 5) is 15.8. The van der Waals surface area contributed by atoms with Crippen LogP contribution in [0.3, 0.4) is 0 Å². The maximum Gasteiger partial charge on any atom is 0.271 e. The fourth-order valence-corrected chi connectivity index (χ4v) is 11.0. The molecule has 0 aliphatic carbocycles. The summed E-state index contributed by atoms with van der Waals surface area (Å²) in [5.41, 5.74) is 0.803. The molecule has 0 saturated carbocycles. The molecule has 4 aromatic carbocycles. The van der Waals surface area contributed by atoms with E-state index in [-0.39, 0.29) is 5.91 Å². The van der Waals surface area contributed by atoms with Crippen molar-refractivity contribution in [1.29, 1.82) is 0 Å². The van der Waals surface area contributed by atoms with Crippen LogP contribution < -0.4 is 20.8 Å². The number of carbonyl (C=O) groups excluding carboxylic acids is 1. The highest BCUT2D eigenvalue weighted by Crippen LogP contribution is 2.51. The van der Waals surface area contributed by atoms with Crippen LogP contribution >= 0.6 is 30.9 Å². The van der Waals surface area contributed by atoms with Crippen LogP contribution in [0.5, 0.6) is 0 Å². The molecule has 0 spiro atoms. The Bertz CT molecular complexity index is 1220. The maximum atomic E-state index is 14.1. The van der Waals surface area contributed by atoms with Gasteiger partial charge in [0.1, 0.15) is 0 Å². The van der Waals surface area contributed by atoms with E-state index >= 15 is 0 Å². The Kier molecular flexibility index (Phi) is 5.84. The second-order valence-electron chi connectivity index (χ2n) is 7.33. The first kappa shape index (κ1) is 21.0. The van der Waals surface area contributed by atoms with Crippen LogP contribution in [0.4, 0.5) is 5.69 Å². The number of thiocarbonyl (C=S) groups is 1. The lowest BCUT2D eigenvalue weighted by Gasteiger charge is -2.30. The van der Waals surface area contributed by atoms with Gasteiger partial charge in [0, 0.05) is 0 Å². The topological polar surface area (TPSA) is 20.3 Å². The lowest BCUT2D eigenvalue weighted by molar-refractivity contribution is -0.111. The molecule has 0 N–H and O–H groups in total. The molecule has 32 heavy (non-hydrogen) atoms. The van der Waals surface area contributed by atoms with Gasteiger partial charge < -0.3 is 0 Å². The lowest BCUT2D eigenvalue weighted by Crippen LogP contribution is -2.35. The van der Waals surface area contributed by atoms with Gasteiger partial charge in [0.25, 0.3) is 5.91 Å². The number of thioether (sulfide) groups is 1. The van der Waals surface area contributed by atoms with Gasteiger partial charge >= 0.3 is 0 Å². The number of hydrogen-bond acceptors (Lipinski definition) is 3. The fraction of sp³-hybridized carbons (Fsp3) is 0. The number of carbonyl (C=O) groups is 1. The summed E-state index contributed by atoms with van der Waals surface area (Å²) in [7, 11) is 0. The second-order valence-corrected chi connectivity index (χ2v) is 12.6. The summed E-state index contributed by atoms with van der Waals surface area (Å²) >= 11 is 7.20. The molecule has 1 aliphatic rings. The van der Waals surface area contributed by atoms with E-state index < -0.39 is 6.89 Å². The van der Waals surface area contributed by atoms with Gasteiger partial charge in [-0.1, -0.05) is 133 Å². The molecule has 0 unspecified atom stereocenters. The summed E-state index contributed by atoms with van der Waals surface area (Å²) in [5.74, 6) is -0.0314. The number of anilines is 1. The number of hydrogen-bond donors (Lipinski definition) is 0. The van der Waals surface area contributed by atoms with E-state index in [1.165, 1.54) is 11.8 Å². The van der Waals surface area contributed by atoms with E-state index in [0.717, 1.165) is 26.2 Å². The van der Waals surface area contributed by atoms with Gasteiger partial charge in [-0.15, -0.1) is 0 Å². The molecule has 5 rings (SSSR count). The molecule has 4 aromatic rings.